The van der Waals surface area contributed by atoms with E-state index in [1.807, 2.05) is 18.2 Å². The molecule has 3 aromatic rings. The van der Waals surface area contributed by atoms with E-state index in [9.17, 15) is 4.79 Å². The van der Waals surface area contributed by atoms with E-state index >= 15 is 0 Å². The number of nitrogens with zero attached hydrogens (tertiary/aromatic N) is 4. The molecular formula is C14H11N5OS2. The lowest BCUT2D eigenvalue weighted by Gasteiger charge is -2.10. The number of amides is 1. The fourth-order valence-electron chi connectivity index (χ4n) is 2.40. The van der Waals surface area contributed by atoms with Crippen molar-refractivity contribution >= 4 is 33.9 Å². The van der Waals surface area contributed by atoms with Gasteiger partial charge in [0.1, 0.15) is 5.01 Å². The first-order chi connectivity index (χ1) is 10.8. The molecule has 2 heterocycles. The summed E-state index contributed by atoms with van der Waals surface area (Å²) in [7, 11) is 0. The van der Waals surface area contributed by atoms with Crippen LogP contribution in [0.15, 0.2) is 35.7 Å². The Morgan fingerprint density at radius 2 is 1.95 bits per heavy atom. The van der Waals surface area contributed by atoms with E-state index in [1.54, 1.807) is 5.38 Å². The van der Waals surface area contributed by atoms with E-state index in [1.165, 1.54) is 16.9 Å². The van der Waals surface area contributed by atoms with Crippen LogP contribution < -0.4 is 5.32 Å². The Bertz CT molecular complexity index is 796. The molecule has 4 rings (SSSR count). The van der Waals surface area contributed by atoms with Crippen LogP contribution in [0.25, 0.3) is 0 Å². The Labute approximate surface area is 134 Å². The van der Waals surface area contributed by atoms with Crippen molar-refractivity contribution in [2.45, 2.75) is 18.3 Å². The molecular weight excluding hydrogens is 318 g/mol. The van der Waals surface area contributed by atoms with Crippen molar-refractivity contribution in [3.8, 4) is 0 Å². The average Bonchev–Trinajstić information content (AvgIpc) is 2.98. The molecule has 0 aliphatic heterocycles. The fourth-order valence-corrected chi connectivity index (χ4v) is 3.84. The van der Waals surface area contributed by atoms with Gasteiger partial charge in [-0.05, 0) is 29.9 Å². The normalized spacial score (nSPS) is 15.5. The minimum Gasteiger partial charge on any atom is -0.295 e. The standard InChI is InChI=1S/C14H11N5OS2/c20-11(10-8-21-19-16-10)15-13-18-17-12(22-13)14(6-7-14)9-4-2-1-3-5-9/h1-5,8H,6-7H2,(H,15,18,20). The molecule has 110 valence electrons. The van der Waals surface area contributed by atoms with E-state index in [0.717, 1.165) is 29.4 Å². The summed E-state index contributed by atoms with van der Waals surface area (Å²) < 4.78 is 3.68. The third-order valence-corrected chi connectivity index (χ3v) is 5.27. The van der Waals surface area contributed by atoms with Crippen molar-refractivity contribution in [3.05, 3.63) is 52.0 Å². The fraction of sp³-hybridized carbons (Fsp3) is 0.214. The highest BCUT2D eigenvalue weighted by Gasteiger charge is 2.48. The van der Waals surface area contributed by atoms with Crippen LogP contribution in [-0.4, -0.2) is 25.7 Å². The van der Waals surface area contributed by atoms with Gasteiger partial charge in [-0.3, -0.25) is 10.1 Å². The second kappa shape index (κ2) is 5.22. The molecule has 8 heteroatoms. The number of nitrogens with one attached hydrogen (secondary N) is 1. The maximum atomic E-state index is 12.0. The number of hydrogen-bond donors (Lipinski definition) is 1. The molecule has 1 aliphatic rings. The van der Waals surface area contributed by atoms with Crippen LogP contribution in [0.3, 0.4) is 0 Å². The van der Waals surface area contributed by atoms with Gasteiger partial charge in [0, 0.05) is 10.8 Å². The van der Waals surface area contributed by atoms with Gasteiger partial charge in [-0.2, -0.15) is 0 Å². The monoisotopic (exact) mass is 329 g/mol. The Kier molecular flexibility index (Phi) is 3.20. The molecule has 2 aromatic heterocycles. The first-order valence-corrected chi connectivity index (χ1v) is 8.41. The Hall–Kier alpha value is -2.19. The lowest BCUT2D eigenvalue weighted by atomic mass is 9.97. The summed E-state index contributed by atoms with van der Waals surface area (Å²) >= 11 is 2.56. The molecule has 1 N–H and O–H groups in total. The van der Waals surface area contributed by atoms with Crippen molar-refractivity contribution in [2.24, 2.45) is 0 Å². The van der Waals surface area contributed by atoms with Gasteiger partial charge < -0.3 is 0 Å². The highest BCUT2D eigenvalue weighted by molar-refractivity contribution is 7.15. The van der Waals surface area contributed by atoms with E-state index in [2.05, 4.69) is 37.2 Å². The molecule has 22 heavy (non-hydrogen) atoms. The largest absolute Gasteiger partial charge is 0.295 e. The molecule has 1 saturated carbocycles. The topological polar surface area (TPSA) is 80.7 Å². The predicted octanol–water partition coefficient (Wildman–Crippen LogP) is 2.72. The van der Waals surface area contributed by atoms with Crippen molar-refractivity contribution < 1.29 is 4.79 Å². The summed E-state index contributed by atoms with van der Waals surface area (Å²) in [6, 6.07) is 10.3. The SMILES string of the molecule is O=C(Nc1nnc(C2(c3ccccc3)CC2)s1)c1csnn1. The van der Waals surface area contributed by atoms with Gasteiger partial charge in [0.2, 0.25) is 5.13 Å². The molecule has 1 aliphatic carbocycles. The molecule has 0 unspecified atom stereocenters. The van der Waals surface area contributed by atoms with Crippen LogP contribution in [0, 0.1) is 0 Å². The summed E-state index contributed by atoms with van der Waals surface area (Å²) in [6.07, 6.45) is 2.13. The summed E-state index contributed by atoms with van der Waals surface area (Å²) in [5.41, 5.74) is 1.53. The van der Waals surface area contributed by atoms with Crippen LogP contribution in [-0.2, 0) is 5.41 Å². The first-order valence-electron chi connectivity index (χ1n) is 6.76. The number of anilines is 1. The zero-order valence-corrected chi connectivity index (χ0v) is 13.0. The smallest absolute Gasteiger partial charge is 0.278 e. The van der Waals surface area contributed by atoms with Crippen LogP contribution >= 0.6 is 22.9 Å². The van der Waals surface area contributed by atoms with Crippen molar-refractivity contribution in [2.75, 3.05) is 5.32 Å². The van der Waals surface area contributed by atoms with Crippen molar-refractivity contribution in [1.82, 2.24) is 19.8 Å². The average molecular weight is 329 g/mol. The van der Waals surface area contributed by atoms with Gasteiger partial charge in [-0.25, -0.2) is 0 Å². The zero-order valence-electron chi connectivity index (χ0n) is 11.4. The van der Waals surface area contributed by atoms with Gasteiger partial charge in [0.25, 0.3) is 5.91 Å². The van der Waals surface area contributed by atoms with Gasteiger partial charge in [0.05, 0.1) is 0 Å². The summed E-state index contributed by atoms with van der Waals surface area (Å²) in [6.45, 7) is 0. The van der Waals surface area contributed by atoms with Gasteiger partial charge in [-0.1, -0.05) is 46.2 Å². The van der Waals surface area contributed by atoms with E-state index in [0.29, 0.717) is 10.8 Å². The molecule has 0 atom stereocenters. The van der Waals surface area contributed by atoms with Crippen molar-refractivity contribution in [3.63, 3.8) is 0 Å². The number of rotatable bonds is 4. The van der Waals surface area contributed by atoms with Gasteiger partial charge >= 0.3 is 0 Å². The van der Waals surface area contributed by atoms with E-state index in [4.69, 9.17) is 0 Å². The molecule has 1 aromatic carbocycles. The third-order valence-electron chi connectivity index (χ3n) is 3.72. The second-order valence-electron chi connectivity index (χ2n) is 5.10. The summed E-state index contributed by atoms with van der Waals surface area (Å²) in [5, 5.41) is 17.9. The third kappa shape index (κ3) is 2.30. The zero-order chi connectivity index (χ0) is 15.0. The van der Waals surface area contributed by atoms with E-state index in [-0.39, 0.29) is 11.3 Å². The maximum Gasteiger partial charge on any atom is 0.278 e. The quantitative estimate of drug-likeness (QED) is 0.796. The molecule has 1 fully saturated rings. The molecule has 0 bridgehead atoms. The first kappa shape index (κ1) is 13.5. The summed E-state index contributed by atoms with van der Waals surface area (Å²) in [5.74, 6) is -0.305. The minimum absolute atomic E-state index is 0.0237. The number of benzene rings is 1. The van der Waals surface area contributed by atoms with Crippen LogP contribution in [0.5, 0.6) is 0 Å². The Morgan fingerprint density at radius 1 is 1.14 bits per heavy atom. The minimum atomic E-state index is -0.305. The summed E-state index contributed by atoms with van der Waals surface area (Å²) in [4.78, 5) is 12.0. The maximum absolute atomic E-state index is 12.0. The number of hydrogen-bond acceptors (Lipinski definition) is 7. The number of carbonyl (C=O) groups is 1. The predicted molar refractivity (Wildman–Crippen MR) is 84.2 cm³/mol. The Balaban J connectivity index is 1.56. The van der Waals surface area contributed by atoms with E-state index < -0.39 is 0 Å². The Morgan fingerprint density at radius 3 is 2.64 bits per heavy atom. The molecule has 0 radical (unpaired) electrons. The molecule has 0 spiro atoms. The van der Waals surface area contributed by atoms with Crippen LogP contribution in [0.2, 0.25) is 0 Å². The van der Waals surface area contributed by atoms with Gasteiger partial charge in [-0.15, -0.1) is 15.3 Å². The molecule has 1 amide bonds. The van der Waals surface area contributed by atoms with Crippen molar-refractivity contribution in [1.29, 1.82) is 0 Å². The molecule has 6 nitrogen and oxygen atoms in total. The van der Waals surface area contributed by atoms with Crippen LogP contribution in [0.4, 0.5) is 5.13 Å². The number of carbonyl (C=O) groups excluding carboxylic acids is 1. The highest BCUT2D eigenvalue weighted by atomic mass is 32.1. The van der Waals surface area contributed by atoms with Gasteiger partial charge in [0.15, 0.2) is 5.69 Å². The highest BCUT2D eigenvalue weighted by Crippen LogP contribution is 2.54. The van der Waals surface area contributed by atoms with Crippen LogP contribution in [0.1, 0.15) is 33.9 Å². The lowest BCUT2D eigenvalue weighted by molar-refractivity contribution is 0.102. The second-order valence-corrected chi connectivity index (χ2v) is 6.69. The lowest BCUT2D eigenvalue weighted by Crippen LogP contribution is -2.12. The molecule has 0 saturated heterocycles. The number of aromatic nitrogens is 4.